The number of hydrogen-bond donors (Lipinski definition) is 1. The second-order valence-corrected chi connectivity index (χ2v) is 5.73. The standard InChI is InChI=1S/C10H18N2S/c1-6(11)9-12-8(7(2)13-9)10(3,4)5/h6H,11H2,1-5H3. The predicted octanol–water partition coefficient (Wildman–Crippen LogP) is 2.77. The van der Waals surface area contributed by atoms with Gasteiger partial charge in [0.1, 0.15) is 5.01 Å². The Balaban J connectivity index is 3.11. The molecule has 74 valence electrons. The Bertz CT molecular complexity index is 294. The maximum absolute atomic E-state index is 5.79. The molecule has 0 amide bonds. The van der Waals surface area contributed by atoms with Gasteiger partial charge in [-0.15, -0.1) is 11.3 Å². The molecule has 0 saturated carbocycles. The summed E-state index contributed by atoms with van der Waals surface area (Å²) in [7, 11) is 0. The molecule has 0 spiro atoms. The first-order chi connectivity index (χ1) is 5.82. The van der Waals surface area contributed by atoms with Crippen molar-refractivity contribution < 1.29 is 0 Å². The summed E-state index contributed by atoms with van der Waals surface area (Å²) in [5.74, 6) is 0. The van der Waals surface area contributed by atoms with Gasteiger partial charge < -0.3 is 5.73 Å². The number of nitrogens with two attached hydrogens (primary N) is 1. The van der Waals surface area contributed by atoms with Crippen molar-refractivity contribution in [2.24, 2.45) is 5.73 Å². The van der Waals surface area contributed by atoms with Gasteiger partial charge in [-0.05, 0) is 13.8 Å². The van der Waals surface area contributed by atoms with Crippen molar-refractivity contribution in [3.05, 3.63) is 15.6 Å². The molecule has 1 atom stereocenters. The fourth-order valence-corrected chi connectivity index (χ4v) is 2.39. The van der Waals surface area contributed by atoms with Crippen LogP contribution < -0.4 is 5.73 Å². The van der Waals surface area contributed by atoms with Crippen LogP contribution in [0.1, 0.15) is 49.3 Å². The molecular weight excluding hydrogens is 180 g/mol. The summed E-state index contributed by atoms with van der Waals surface area (Å²) in [4.78, 5) is 5.87. The average Bonchev–Trinajstić information content (AvgIpc) is 2.29. The number of nitrogens with zero attached hydrogens (tertiary/aromatic N) is 1. The molecule has 0 saturated heterocycles. The minimum Gasteiger partial charge on any atom is -0.322 e. The van der Waals surface area contributed by atoms with Crippen molar-refractivity contribution in [2.75, 3.05) is 0 Å². The molecule has 0 fully saturated rings. The van der Waals surface area contributed by atoms with Crippen LogP contribution in [0.25, 0.3) is 0 Å². The van der Waals surface area contributed by atoms with Gasteiger partial charge in [-0.25, -0.2) is 4.98 Å². The van der Waals surface area contributed by atoms with Crippen molar-refractivity contribution in [1.82, 2.24) is 4.98 Å². The van der Waals surface area contributed by atoms with E-state index in [2.05, 4.69) is 32.7 Å². The van der Waals surface area contributed by atoms with E-state index in [9.17, 15) is 0 Å². The van der Waals surface area contributed by atoms with E-state index in [0.29, 0.717) is 0 Å². The van der Waals surface area contributed by atoms with E-state index in [1.807, 2.05) is 6.92 Å². The van der Waals surface area contributed by atoms with Gasteiger partial charge in [0.25, 0.3) is 0 Å². The third-order valence-electron chi connectivity index (χ3n) is 1.91. The van der Waals surface area contributed by atoms with E-state index in [0.717, 1.165) is 5.01 Å². The van der Waals surface area contributed by atoms with E-state index in [1.165, 1.54) is 10.6 Å². The molecule has 0 bridgehead atoms. The highest BCUT2D eigenvalue weighted by molar-refractivity contribution is 7.11. The molecule has 1 rings (SSSR count). The van der Waals surface area contributed by atoms with E-state index in [4.69, 9.17) is 5.73 Å². The summed E-state index contributed by atoms with van der Waals surface area (Å²) in [6.07, 6.45) is 0. The molecule has 1 aromatic rings. The summed E-state index contributed by atoms with van der Waals surface area (Å²) in [6.45, 7) is 10.6. The SMILES string of the molecule is Cc1sc(C(C)N)nc1C(C)(C)C. The number of hydrogen-bond acceptors (Lipinski definition) is 3. The molecule has 2 N–H and O–H groups in total. The number of aromatic nitrogens is 1. The normalized spacial score (nSPS) is 14.6. The van der Waals surface area contributed by atoms with Crippen LogP contribution in [0.15, 0.2) is 0 Å². The van der Waals surface area contributed by atoms with Crippen molar-refractivity contribution in [2.45, 2.75) is 46.1 Å². The molecule has 0 aliphatic heterocycles. The van der Waals surface area contributed by atoms with Crippen LogP contribution in [0.3, 0.4) is 0 Å². The maximum Gasteiger partial charge on any atom is 0.110 e. The zero-order valence-corrected chi connectivity index (χ0v) is 9.83. The maximum atomic E-state index is 5.79. The molecule has 0 aliphatic carbocycles. The van der Waals surface area contributed by atoms with Crippen molar-refractivity contribution in [3.8, 4) is 0 Å². The first-order valence-electron chi connectivity index (χ1n) is 4.55. The van der Waals surface area contributed by atoms with Gasteiger partial charge in [-0.1, -0.05) is 20.8 Å². The molecule has 0 radical (unpaired) electrons. The third kappa shape index (κ3) is 2.29. The fourth-order valence-electron chi connectivity index (χ4n) is 1.31. The van der Waals surface area contributed by atoms with Crippen LogP contribution in [0.2, 0.25) is 0 Å². The molecule has 1 aromatic heterocycles. The topological polar surface area (TPSA) is 38.9 Å². The van der Waals surface area contributed by atoms with Crippen LogP contribution >= 0.6 is 11.3 Å². The number of thiazole rings is 1. The Morgan fingerprint density at radius 1 is 1.38 bits per heavy atom. The second-order valence-electron chi connectivity index (χ2n) is 4.50. The quantitative estimate of drug-likeness (QED) is 0.753. The molecule has 1 unspecified atom stereocenters. The lowest BCUT2D eigenvalue weighted by molar-refractivity contribution is 0.565. The van der Waals surface area contributed by atoms with E-state index in [1.54, 1.807) is 11.3 Å². The van der Waals surface area contributed by atoms with Crippen LogP contribution in [0, 0.1) is 6.92 Å². The molecular formula is C10H18N2S. The smallest absolute Gasteiger partial charge is 0.110 e. The Morgan fingerprint density at radius 2 is 1.92 bits per heavy atom. The van der Waals surface area contributed by atoms with Crippen molar-refractivity contribution in [3.63, 3.8) is 0 Å². The van der Waals surface area contributed by atoms with Gasteiger partial charge in [-0.3, -0.25) is 0 Å². The highest BCUT2D eigenvalue weighted by atomic mass is 32.1. The van der Waals surface area contributed by atoms with Gasteiger partial charge in [0, 0.05) is 10.3 Å². The lowest BCUT2D eigenvalue weighted by atomic mass is 9.91. The van der Waals surface area contributed by atoms with Crippen LogP contribution in [-0.4, -0.2) is 4.98 Å². The second kappa shape index (κ2) is 3.39. The lowest BCUT2D eigenvalue weighted by Gasteiger charge is -2.16. The lowest BCUT2D eigenvalue weighted by Crippen LogP contribution is -2.14. The summed E-state index contributed by atoms with van der Waals surface area (Å²) < 4.78 is 0. The van der Waals surface area contributed by atoms with Gasteiger partial charge in [0.15, 0.2) is 0 Å². The van der Waals surface area contributed by atoms with E-state index in [-0.39, 0.29) is 11.5 Å². The monoisotopic (exact) mass is 198 g/mol. The Kier molecular flexibility index (Phi) is 2.78. The van der Waals surface area contributed by atoms with Gasteiger partial charge in [-0.2, -0.15) is 0 Å². The third-order valence-corrected chi connectivity index (χ3v) is 3.08. The molecule has 0 aliphatic rings. The highest BCUT2D eigenvalue weighted by Gasteiger charge is 2.21. The van der Waals surface area contributed by atoms with Crippen LogP contribution in [-0.2, 0) is 5.41 Å². The average molecular weight is 198 g/mol. The summed E-state index contributed by atoms with van der Waals surface area (Å²) in [6, 6.07) is 0.0554. The Labute approximate surface area is 84.2 Å². The number of aryl methyl sites for hydroxylation is 1. The van der Waals surface area contributed by atoms with Crippen LogP contribution in [0.4, 0.5) is 0 Å². The largest absolute Gasteiger partial charge is 0.322 e. The Morgan fingerprint density at radius 3 is 2.15 bits per heavy atom. The van der Waals surface area contributed by atoms with Gasteiger partial charge >= 0.3 is 0 Å². The molecule has 13 heavy (non-hydrogen) atoms. The summed E-state index contributed by atoms with van der Waals surface area (Å²) >= 11 is 1.71. The number of rotatable bonds is 1. The van der Waals surface area contributed by atoms with Gasteiger partial charge in [0.2, 0.25) is 0 Å². The van der Waals surface area contributed by atoms with Crippen molar-refractivity contribution in [1.29, 1.82) is 0 Å². The molecule has 1 heterocycles. The van der Waals surface area contributed by atoms with E-state index < -0.39 is 0 Å². The van der Waals surface area contributed by atoms with Gasteiger partial charge in [0.05, 0.1) is 11.7 Å². The first kappa shape index (κ1) is 10.7. The molecule has 0 aromatic carbocycles. The summed E-state index contributed by atoms with van der Waals surface area (Å²) in [5, 5.41) is 1.04. The molecule has 3 heteroatoms. The predicted molar refractivity (Wildman–Crippen MR) is 58.2 cm³/mol. The zero-order chi connectivity index (χ0) is 10.2. The molecule has 2 nitrogen and oxygen atoms in total. The fraction of sp³-hybridized carbons (Fsp3) is 0.700. The zero-order valence-electron chi connectivity index (χ0n) is 9.01. The minimum atomic E-state index is 0.0554. The highest BCUT2D eigenvalue weighted by Crippen LogP contribution is 2.30. The van der Waals surface area contributed by atoms with Crippen molar-refractivity contribution >= 4 is 11.3 Å². The Hall–Kier alpha value is -0.410. The first-order valence-corrected chi connectivity index (χ1v) is 5.37. The van der Waals surface area contributed by atoms with E-state index >= 15 is 0 Å². The summed E-state index contributed by atoms with van der Waals surface area (Å²) in [5.41, 5.74) is 7.10. The minimum absolute atomic E-state index is 0.0554. The van der Waals surface area contributed by atoms with Crippen LogP contribution in [0.5, 0.6) is 0 Å².